The molecular formula is C18H21N3O2S. The van der Waals surface area contributed by atoms with Gasteiger partial charge in [0.1, 0.15) is 0 Å². The number of hydrogen-bond acceptors (Lipinski definition) is 4. The summed E-state index contributed by atoms with van der Waals surface area (Å²) in [6, 6.07) is 7.64. The normalized spacial score (nSPS) is 13.7. The molecule has 1 aliphatic rings. The molecule has 1 aliphatic carbocycles. The number of hydrogen-bond donors (Lipinski definition) is 1. The quantitative estimate of drug-likeness (QED) is 0.582. The number of rotatable bonds is 8. The molecule has 1 heterocycles. The van der Waals surface area contributed by atoms with Gasteiger partial charge in [0.2, 0.25) is 5.91 Å². The number of Topliss-reactive ketones (excluding diaryl/α,β-unsaturated/α-hetero) is 1. The molecule has 0 aliphatic heterocycles. The van der Waals surface area contributed by atoms with E-state index in [0.29, 0.717) is 23.8 Å². The highest BCUT2D eigenvalue weighted by molar-refractivity contribution is 7.99. The standard InChI is InChI=1S/C18H21N3O2S/c1-2-3-17(23)20-14-6-4-13(5-7-14)16(22)12-24-18-19-10-11-21(18)15-8-9-15/h4-7,10-11,15H,2-3,8-9,12H2,1H3,(H,20,23). The van der Waals surface area contributed by atoms with E-state index in [1.165, 1.54) is 24.6 Å². The molecule has 6 heteroatoms. The summed E-state index contributed by atoms with van der Waals surface area (Å²) < 4.78 is 2.16. The molecule has 1 amide bonds. The Hall–Kier alpha value is -2.08. The molecule has 126 valence electrons. The molecular weight excluding hydrogens is 322 g/mol. The third-order valence-corrected chi connectivity index (χ3v) is 4.85. The Morgan fingerprint density at radius 2 is 2.04 bits per heavy atom. The van der Waals surface area contributed by atoms with E-state index in [-0.39, 0.29) is 11.7 Å². The summed E-state index contributed by atoms with van der Waals surface area (Å²) in [6.07, 6.45) is 7.49. The highest BCUT2D eigenvalue weighted by Gasteiger charge is 2.25. The average molecular weight is 343 g/mol. The van der Waals surface area contributed by atoms with Gasteiger partial charge in [0.25, 0.3) is 0 Å². The van der Waals surface area contributed by atoms with Gasteiger partial charge in [-0.2, -0.15) is 0 Å². The van der Waals surface area contributed by atoms with Crippen LogP contribution < -0.4 is 5.32 Å². The second-order valence-electron chi connectivity index (χ2n) is 5.94. The van der Waals surface area contributed by atoms with Crippen LogP contribution in [-0.4, -0.2) is 27.0 Å². The maximum absolute atomic E-state index is 12.3. The van der Waals surface area contributed by atoms with Crippen LogP contribution >= 0.6 is 11.8 Å². The molecule has 5 nitrogen and oxygen atoms in total. The third kappa shape index (κ3) is 4.26. The molecule has 1 fully saturated rings. The Kier molecular flexibility index (Phi) is 5.35. The SMILES string of the molecule is CCCC(=O)Nc1ccc(C(=O)CSc2nccn2C2CC2)cc1. The minimum Gasteiger partial charge on any atom is -0.326 e. The summed E-state index contributed by atoms with van der Waals surface area (Å²) in [5.41, 5.74) is 1.38. The number of aromatic nitrogens is 2. The van der Waals surface area contributed by atoms with Gasteiger partial charge in [-0.3, -0.25) is 9.59 Å². The zero-order chi connectivity index (χ0) is 16.9. The lowest BCUT2D eigenvalue weighted by atomic mass is 10.1. The number of benzene rings is 1. The summed E-state index contributed by atoms with van der Waals surface area (Å²) in [7, 11) is 0. The fourth-order valence-corrected chi connectivity index (χ4v) is 3.37. The number of carbonyl (C=O) groups is 2. The molecule has 0 saturated heterocycles. The maximum atomic E-state index is 12.3. The van der Waals surface area contributed by atoms with Crippen LogP contribution in [0.3, 0.4) is 0 Å². The van der Waals surface area contributed by atoms with Gasteiger partial charge in [0.15, 0.2) is 10.9 Å². The molecule has 24 heavy (non-hydrogen) atoms. The minimum atomic E-state index is -0.000885. The van der Waals surface area contributed by atoms with Crippen molar-refractivity contribution >= 4 is 29.1 Å². The molecule has 1 aromatic carbocycles. The van der Waals surface area contributed by atoms with Crippen molar-refractivity contribution in [2.24, 2.45) is 0 Å². The van der Waals surface area contributed by atoms with E-state index >= 15 is 0 Å². The van der Waals surface area contributed by atoms with Crippen molar-refractivity contribution in [1.82, 2.24) is 9.55 Å². The summed E-state index contributed by atoms with van der Waals surface area (Å²) in [4.78, 5) is 28.2. The highest BCUT2D eigenvalue weighted by Crippen LogP contribution is 2.37. The fraction of sp³-hybridized carbons (Fsp3) is 0.389. The Morgan fingerprint density at radius 1 is 1.29 bits per heavy atom. The number of imidazole rings is 1. The van der Waals surface area contributed by atoms with Gasteiger partial charge in [-0.25, -0.2) is 4.98 Å². The number of nitrogens with one attached hydrogen (secondary N) is 1. The summed E-state index contributed by atoms with van der Waals surface area (Å²) >= 11 is 1.48. The van der Waals surface area contributed by atoms with Crippen LogP contribution in [0.15, 0.2) is 41.8 Å². The van der Waals surface area contributed by atoms with E-state index in [1.807, 2.05) is 13.1 Å². The van der Waals surface area contributed by atoms with Crippen LogP contribution in [0.1, 0.15) is 49.0 Å². The fourth-order valence-electron chi connectivity index (χ4n) is 2.45. The molecule has 3 rings (SSSR count). The summed E-state index contributed by atoms with van der Waals surface area (Å²) in [5.74, 6) is 0.432. The molecule has 0 radical (unpaired) electrons. The number of ketones is 1. The molecule has 0 atom stereocenters. The van der Waals surface area contributed by atoms with Crippen molar-refractivity contribution in [3.8, 4) is 0 Å². The van der Waals surface area contributed by atoms with Gasteiger partial charge < -0.3 is 9.88 Å². The molecule has 0 unspecified atom stereocenters. The van der Waals surface area contributed by atoms with E-state index in [4.69, 9.17) is 0 Å². The number of thioether (sulfide) groups is 1. The first kappa shape index (κ1) is 16.8. The van der Waals surface area contributed by atoms with E-state index in [1.54, 1.807) is 30.5 Å². The first-order valence-corrected chi connectivity index (χ1v) is 9.24. The maximum Gasteiger partial charge on any atom is 0.224 e. The van der Waals surface area contributed by atoms with Crippen LogP contribution in [0.2, 0.25) is 0 Å². The Bertz CT molecular complexity index is 720. The lowest BCUT2D eigenvalue weighted by Gasteiger charge is -2.07. The first-order valence-electron chi connectivity index (χ1n) is 8.26. The second-order valence-corrected chi connectivity index (χ2v) is 6.88. The smallest absolute Gasteiger partial charge is 0.224 e. The van der Waals surface area contributed by atoms with Crippen LogP contribution in [-0.2, 0) is 4.79 Å². The minimum absolute atomic E-state index is 0.000885. The number of amides is 1. The monoisotopic (exact) mass is 343 g/mol. The van der Waals surface area contributed by atoms with E-state index in [0.717, 1.165) is 17.3 Å². The third-order valence-electron chi connectivity index (χ3n) is 3.87. The number of anilines is 1. The largest absolute Gasteiger partial charge is 0.326 e. The van der Waals surface area contributed by atoms with Gasteiger partial charge in [-0.05, 0) is 43.5 Å². The molecule has 1 saturated carbocycles. The van der Waals surface area contributed by atoms with Crippen molar-refractivity contribution in [2.75, 3.05) is 11.1 Å². The van der Waals surface area contributed by atoms with Gasteiger partial charge >= 0.3 is 0 Å². The van der Waals surface area contributed by atoms with E-state index < -0.39 is 0 Å². The zero-order valence-electron chi connectivity index (χ0n) is 13.7. The van der Waals surface area contributed by atoms with Gasteiger partial charge in [-0.15, -0.1) is 0 Å². The predicted molar refractivity (Wildman–Crippen MR) is 95.5 cm³/mol. The Morgan fingerprint density at radius 3 is 2.71 bits per heavy atom. The van der Waals surface area contributed by atoms with Crippen LogP contribution in [0.4, 0.5) is 5.69 Å². The number of nitrogens with zero attached hydrogens (tertiary/aromatic N) is 2. The number of carbonyl (C=O) groups excluding carboxylic acids is 2. The van der Waals surface area contributed by atoms with Crippen molar-refractivity contribution in [1.29, 1.82) is 0 Å². The van der Waals surface area contributed by atoms with Crippen molar-refractivity contribution < 1.29 is 9.59 Å². The summed E-state index contributed by atoms with van der Waals surface area (Å²) in [6.45, 7) is 1.97. The van der Waals surface area contributed by atoms with E-state index in [9.17, 15) is 9.59 Å². The van der Waals surface area contributed by atoms with Gasteiger partial charge in [0, 0.05) is 36.1 Å². The van der Waals surface area contributed by atoms with Gasteiger partial charge in [0.05, 0.1) is 5.75 Å². The first-order chi connectivity index (χ1) is 11.7. The van der Waals surface area contributed by atoms with Gasteiger partial charge in [-0.1, -0.05) is 18.7 Å². The predicted octanol–water partition coefficient (Wildman–Crippen LogP) is 3.93. The Balaban J connectivity index is 1.55. The van der Waals surface area contributed by atoms with Crippen LogP contribution in [0.5, 0.6) is 0 Å². The van der Waals surface area contributed by atoms with Crippen molar-refractivity contribution in [2.45, 2.75) is 43.8 Å². The van der Waals surface area contributed by atoms with Crippen molar-refractivity contribution in [3.05, 3.63) is 42.2 Å². The molecule has 2 aromatic rings. The van der Waals surface area contributed by atoms with E-state index in [2.05, 4.69) is 14.9 Å². The zero-order valence-corrected chi connectivity index (χ0v) is 14.5. The topological polar surface area (TPSA) is 64.0 Å². The molecule has 1 N–H and O–H groups in total. The van der Waals surface area contributed by atoms with Crippen molar-refractivity contribution in [3.63, 3.8) is 0 Å². The van der Waals surface area contributed by atoms with Crippen LogP contribution in [0, 0.1) is 0 Å². The molecule has 1 aromatic heterocycles. The summed E-state index contributed by atoms with van der Waals surface area (Å²) in [5, 5.41) is 3.73. The average Bonchev–Trinajstić information content (AvgIpc) is 3.32. The lowest BCUT2D eigenvalue weighted by Crippen LogP contribution is -2.11. The molecule has 0 bridgehead atoms. The Labute approximate surface area is 145 Å². The van der Waals surface area contributed by atoms with Crippen LogP contribution in [0.25, 0.3) is 0 Å². The lowest BCUT2D eigenvalue weighted by molar-refractivity contribution is -0.116. The second kappa shape index (κ2) is 7.66. The molecule has 0 spiro atoms. The highest BCUT2D eigenvalue weighted by atomic mass is 32.2.